The Morgan fingerprint density at radius 3 is 2.29 bits per heavy atom. The number of ether oxygens (including phenoxy) is 1. The van der Waals surface area contributed by atoms with Crippen LogP contribution in [0.5, 0.6) is 0 Å². The minimum absolute atomic E-state index is 0. The first kappa shape index (κ1) is 23.6. The molecule has 1 N–H and O–H groups in total. The SMILES string of the molecule is CC(C)(C)OC(=O)N1C[C@@H]2[C@H](C1)[C@@H]2Nc1cc(=O)n(C2(C(F)F)CC2)cc1C(=O)[O-].[Li+]. The number of carbonyl (C=O) groups is 2. The number of aromatic nitrogens is 1. The molecule has 3 atom stereocenters. The van der Waals surface area contributed by atoms with E-state index in [1.807, 2.05) is 0 Å². The average molecular weight is 431 g/mol. The number of amides is 1. The molecule has 1 aromatic rings. The quantitative estimate of drug-likeness (QED) is 0.555. The Bertz CT molecular complexity index is 945. The van der Waals surface area contributed by atoms with Gasteiger partial charge in [-0.3, -0.25) is 4.79 Å². The minimum Gasteiger partial charge on any atom is -0.545 e. The van der Waals surface area contributed by atoms with Crippen LogP contribution in [0, 0.1) is 11.8 Å². The molecule has 2 heterocycles. The smallest absolute Gasteiger partial charge is 0.545 e. The second kappa shape index (κ2) is 7.82. The van der Waals surface area contributed by atoms with Crippen molar-refractivity contribution in [2.45, 2.75) is 57.2 Å². The Hall–Kier alpha value is -2.05. The number of aromatic carboxylic acids is 1. The summed E-state index contributed by atoms with van der Waals surface area (Å²) in [4.78, 5) is 37.8. The number of carbonyl (C=O) groups excluding carboxylic acids is 2. The molecule has 31 heavy (non-hydrogen) atoms. The maximum atomic E-state index is 13.4. The van der Waals surface area contributed by atoms with E-state index in [-0.39, 0.29) is 60.8 Å². The van der Waals surface area contributed by atoms with Gasteiger partial charge in [0.1, 0.15) is 11.1 Å². The van der Waals surface area contributed by atoms with Gasteiger partial charge in [-0.05, 0) is 33.6 Å². The van der Waals surface area contributed by atoms with Crippen LogP contribution in [0.1, 0.15) is 44.0 Å². The molecular weight excluding hydrogens is 407 g/mol. The van der Waals surface area contributed by atoms with Crippen LogP contribution < -0.4 is 34.8 Å². The first-order valence-electron chi connectivity index (χ1n) is 9.94. The Morgan fingerprint density at radius 2 is 1.84 bits per heavy atom. The molecule has 0 unspecified atom stereocenters. The standard InChI is InChI=1S/C20H25F2N3O5.Li/c1-19(2,3)30-18(29)24-7-10-11(8-24)15(10)23-13-6-14(26)25(9-12(13)16(27)28)20(4-5-20)17(21)22;/h6,9-11,15,17,23H,4-5,7-8H2,1-3H3,(H,27,28);/q;+1/p-1/t10-,11+,15-;. The van der Waals surface area contributed by atoms with E-state index in [0.29, 0.717) is 13.1 Å². The number of rotatable bonds is 5. The van der Waals surface area contributed by atoms with Crippen LogP contribution >= 0.6 is 0 Å². The molecule has 11 heteroatoms. The summed E-state index contributed by atoms with van der Waals surface area (Å²) in [6, 6.07) is 0.940. The zero-order valence-electron chi connectivity index (χ0n) is 18.0. The summed E-state index contributed by atoms with van der Waals surface area (Å²) in [6.45, 7) is 6.29. The van der Waals surface area contributed by atoms with Crippen LogP contribution in [0.15, 0.2) is 17.1 Å². The van der Waals surface area contributed by atoms with Crippen molar-refractivity contribution in [2.75, 3.05) is 18.4 Å². The fourth-order valence-corrected chi connectivity index (χ4v) is 4.25. The number of nitrogens with one attached hydrogen (secondary N) is 1. The van der Waals surface area contributed by atoms with E-state index >= 15 is 0 Å². The van der Waals surface area contributed by atoms with Crippen molar-refractivity contribution in [1.29, 1.82) is 0 Å². The number of hydrogen-bond acceptors (Lipinski definition) is 6. The third-order valence-corrected chi connectivity index (χ3v) is 6.09. The molecule has 3 fully saturated rings. The van der Waals surface area contributed by atoms with Crippen LogP contribution in [-0.4, -0.2) is 52.7 Å². The molecule has 3 aliphatic rings. The number of carboxylic acids is 1. The van der Waals surface area contributed by atoms with Crippen molar-refractivity contribution in [3.8, 4) is 0 Å². The molecule has 2 aliphatic carbocycles. The Balaban J connectivity index is 0.00000272. The molecule has 1 saturated heterocycles. The van der Waals surface area contributed by atoms with Crippen LogP contribution in [0.3, 0.4) is 0 Å². The fourth-order valence-electron chi connectivity index (χ4n) is 4.25. The second-order valence-corrected chi connectivity index (χ2v) is 9.38. The van der Waals surface area contributed by atoms with Crippen LogP contribution in [0.25, 0.3) is 0 Å². The number of hydrogen-bond donors (Lipinski definition) is 1. The van der Waals surface area contributed by atoms with Crippen LogP contribution in [0.4, 0.5) is 19.3 Å². The van der Waals surface area contributed by atoms with Gasteiger partial charge >= 0.3 is 25.0 Å². The van der Waals surface area contributed by atoms with Gasteiger partial charge in [-0.2, -0.15) is 0 Å². The van der Waals surface area contributed by atoms with Crippen LogP contribution in [0.2, 0.25) is 0 Å². The Kier molecular flexibility index (Phi) is 5.95. The van der Waals surface area contributed by atoms with Crippen molar-refractivity contribution in [2.24, 2.45) is 11.8 Å². The third-order valence-electron chi connectivity index (χ3n) is 6.09. The molecule has 0 radical (unpaired) electrons. The van der Waals surface area contributed by atoms with E-state index in [2.05, 4.69) is 5.32 Å². The van der Waals surface area contributed by atoms with Crippen molar-refractivity contribution in [1.82, 2.24) is 9.47 Å². The number of nitrogens with zero attached hydrogens (tertiary/aromatic N) is 2. The molecule has 164 valence electrons. The van der Waals surface area contributed by atoms with Gasteiger partial charge in [-0.25, -0.2) is 13.6 Å². The van der Waals surface area contributed by atoms with Gasteiger partial charge in [0.05, 0.1) is 11.7 Å². The summed E-state index contributed by atoms with van der Waals surface area (Å²) < 4.78 is 32.9. The molecule has 0 aromatic carbocycles. The topological polar surface area (TPSA) is 104 Å². The largest absolute Gasteiger partial charge is 1.00 e. The van der Waals surface area contributed by atoms with E-state index in [9.17, 15) is 28.3 Å². The van der Waals surface area contributed by atoms with Gasteiger partial charge in [-0.15, -0.1) is 0 Å². The van der Waals surface area contributed by atoms with Crippen LogP contribution in [-0.2, 0) is 10.3 Å². The fraction of sp³-hybridized carbons (Fsp3) is 0.650. The summed E-state index contributed by atoms with van der Waals surface area (Å²) in [6.07, 6.45) is -1.95. The van der Waals surface area contributed by atoms with Gasteiger partial charge in [0, 0.05) is 48.8 Å². The van der Waals surface area contributed by atoms with Gasteiger partial charge in [0.25, 0.3) is 12.0 Å². The monoisotopic (exact) mass is 431 g/mol. The zero-order chi connectivity index (χ0) is 22.0. The number of pyridine rings is 1. The molecule has 0 bridgehead atoms. The number of alkyl halides is 2. The maximum Gasteiger partial charge on any atom is 1.00 e. The molecule has 4 rings (SSSR count). The zero-order valence-corrected chi connectivity index (χ0v) is 18.0. The van der Waals surface area contributed by atoms with E-state index in [4.69, 9.17) is 4.74 Å². The summed E-state index contributed by atoms with van der Waals surface area (Å²) in [5.74, 6) is -1.34. The minimum atomic E-state index is -2.76. The van der Waals surface area contributed by atoms with Gasteiger partial charge in [0.2, 0.25) is 0 Å². The van der Waals surface area contributed by atoms with Gasteiger partial charge < -0.3 is 29.4 Å². The molecule has 1 aromatic heterocycles. The van der Waals surface area contributed by atoms with Gasteiger partial charge in [-0.1, -0.05) is 0 Å². The molecule has 1 amide bonds. The first-order valence-corrected chi connectivity index (χ1v) is 9.94. The first-order chi connectivity index (χ1) is 13.9. The van der Waals surface area contributed by atoms with E-state index in [1.54, 1.807) is 25.7 Å². The number of halogens is 2. The molecule has 1 aliphatic heterocycles. The van der Waals surface area contributed by atoms with Crippen molar-refractivity contribution >= 4 is 17.7 Å². The summed E-state index contributed by atoms with van der Waals surface area (Å²) in [7, 11) is 0. The van der Waals surface area contributed by atoms with E-state index in [0.717, 1.165) is 16.8 Å². The Morgan fingerprint density at radius 1 is 1.26 bits per heavy atom. The molecule has 8 nitrogen and oxygen atoms in total. The average Bonchev–Trinajstić information content (AvgIpc) is 3.49. The number of likely N-dealkylation sites (tertiary alicyclic amines) is 1. The summed E-state index contributed by atoms with van der Waals surface area (Å²) in [5.41, 5.74) is -3.16. The molecular formula is C20H24F2LiN3O5. The number of carboxylic acid groups (broad SMARTS) is 1. The molecule has 2 saturated carbocycles. The normalized spacial score (nSPS) is 25.5. The number of piperidine rings is 1. The second-order valence-electron chi connectivity index (χ2n) is 9.38. The van der Waals surface area contributed by atoms with Crippen molar-refractivity contribution in [3.05, 3.63) is 28.2 Å². The third kappa shape index (κ3) is 4.33. The van der Waals surface area contributed by atoms with Crippen molar-refractivity contribution < 1.29 is 47.1 Å². The summed E-state index contributed by atoms with van der Waals surface area (Å²) in [5, 5.41) is 14.6. The summed E-state index contributed by atoms with van der Waals surface area (Å²) >= 11 is 0. The number of fused-ring (bicyclic) bond motifs is 1. The Labute approximate surface area is 190 Å². The molecule has 0 spiro atoms. The van der Waals surface area contributed by atoms with E-state index < -0.39 is 35.2 Å². The van der Waals surface area contributed by atoms with Gasteiger partial charge in [0.15, 0.2) is 0 Å². The van der Waals surface area contributed by atoms with E-state index in [1.165, 1.54) is 0 Å². The predicted molar refractivity (Wildman–Crippen MR) is 100 cm³/mol. The maximum absolute atomic E-state index is 13.4. The number of anilines is 1. The van der Waals surface area contributed by atoms with Crippen molar-refractivity contribution in [3.63, 3.8) is 0 Å². The predicted octanol–water partition coefficient (Wildman–Crippen LogP) is -1.75.